The molecule has 1 aromatic carbocycles. The van der Waals surface area contributed by atoms with Crippen LogP contribution in [0.15, 0.2) is 36.5 Å². The average molecular weight is 287 g/mol. The van der Waals surface area contributed by atoms with Crippen LogP contribution in [0.1, 0.15) is 5.56 Å². The van der Waals surface area contributed by atoms with Gasteiger partial charge in [0.25, 0.3) is 0 Å². The van der Waals surface area contributed by atoms with E-state index in [4.69, 9.17) is 0 Å². The molecule has 0 aliphatic carbocycles. The van der Waals surface area contributed by atoms with E-state index in [1.165, 1.54) is 41.2 Å². The van der Waals surface area contributed by atoms with Crippen LogP contribution in [0.2, 0.25) is 0 Å². The van der Waals surface area contributed by atoms with Crippen LogP contribution in [-0.2, 0) is 6.54 Å². The molecule has 0 unspecified atom stereocenters. The van der Waals surface area contributed by atoms with Crippen molar-refractivity contribution < 1.29 is 22.8 Å². The predicted molar refractivity (Wildman–Crippen MR) is 61.1 cm³/mol. The summed E-state index contributed by atoms with van der Waals surface area (Å²) in [5.41, 5.74) is 0.637. The van der Waals surface area contributed by atoms with Crippen molar-refractivity contribution in [1.82, 2.24) is 9.78 Å². The van der Waals surface area contributed by atoms with Crippen molar-refractivity contribution in [1.29, 1.82) is 0 Å². The minimum absolute atomic E-state index is 0.208. The molecule has 1 heterocycles. The summed E-state index contributed by atoms with van der Waals surface area (Å²) < 4.78 is 40.9. The van der Waals surface area contributed by atoms with Crippen LogP contribution < -0.4 is 4.74 Å². The van der Waals surface area contributed by atoms with E-state index in [-0.39, 0.29) is 18.1 Å². The van der Waals surface area contributed by atoms with Gasteiger partial charge in [-0.3, -0.25) is 0 Å². The van der Waals surface area contributed by atoms with Crippen LogP contribution >= 0.6 is 0 Å². The molecule has 0 aliphatic rings. The maximum Gasteiger partial charge on any atom is 0.573 e. The van der Waals surface area contributed by atoms with Gasteiger partial charge < -0.3 is 14.9 Å². The molecule has 0 aliphatic heterocycles. The largest absolute Gasteiger partial charge is 0.573 e. The Morgan fingerprint density at radius 1 is 1.25 bits per heavy atom. The van der Waals surface area contributed by atoms with Crippen LogP contribution in [0.5, 0.6) is 5.75 Å². The van der Waals surface area contributed by atoms with E-state index in [0.717, 1.165) is 0 Å². The summed E-state index contributed by atoms with van der Waals surface area (Å²) in [5, 5.41) is 14.1. The number of nitro groups is 1. The molecular weight excluding hydrogens is 279 g/mol. The van der Waals surface area contributed by atoms with Gasteiger partial charge in [-0.1, -0.05) is 12.1 Å². The number of rotatable bonds is 4. The smallest absolute Gasteiger partial charge is 0.406 e. The third-order valence-corrected chi connectivity index (χ3v) is 2.32. The maximum absolute atomic E-state index is 12.0. The number of nitrogens with zero attached hydrogens (tertiary/aromatic N) is 3. The van der Waals surface area contributed by atoms with Crippen molar-refractivity contribution in [3.63, 3.8) is 0 Å². The third kappa shape index (κ3) is 3.70. The SMILES string of the molecule is O=[N+]([O-])c1ccn(Cc2ccc(OC(F)(F)F)cc2)n1. The van der Waals surface area contributed by atoms with Gasteiger partial charge in [-0.25, -0.2) is 0 Å². The highest BCUT2D eigenvalue weighted by atomic mass is 19.4. The van der Waals surface area contributed by atoms with Crippen LogP contribution in [0.3, 0.4) is 0 Å². The molecule has 2 aromatic rings. The van der Waals surface area contributed by atoms with E-state index < -0.39 is 11.3 Å². The Hall–Kier alpha value is -2.58. The van der Waals surface area contributed by atoms with Crippen molar-refractivity contribution >= 4 is 5.82 Å². The van der Waals surface area contributed by atoms with E-state index in [9.17, 15) is 23.3 Å². The second kappa shape index (κ2) is 5.19. The van der Waals surface area contributed by atoms with Gasteiger partial charge in [0.1, 0.15) is 5.75 Å². The van der Waals surface area contributed by atoms with Crippen molar-refractivity contribution in [2.75, 3.05) is 0 Å². The molecule has 0 atom stereocenters. The molecule has 0 amide bonds. The maximum atomic E-state index is 12.0. The molecule has 0 saturated carbocycles. The molecule has 0 bridgehead atoms. The molecule has 0 spiro atoms. The van der Waals surface area contributed by atoms with Gasteiger partial charge in [-0.15, -0.1) is 13.2 Å². The van der Waals surface area contributed by atoms with Crippen molar-refractivity contribution in [2.24, 2.45) is 0 Å². The summed E-state index contributed by atoms with van der Waals surface area (Å²) in [7, 11) is 0. The molecule has 1 aromatic heterocycles. The van der Waals surface area contributed by atoms with Crippen molar-refractivity contribution in [2.45, 2.75) is 12.9 Å². The van der Waals surface area contributed by atoms with Crippen molar-refractivity contribution in [3.8, 4) is 5.75 Å². The quantitative estimate of drug-likeness (QED) is 0.640. The molecule has 0 saturated heterocycles. The Morgan fingerprint density at radius 3 is 2.40 bits per heavy atom. The Balaban J connectivity index is 2.04. The Labute approximate surface area is 110 Å². The summed E-state index contributed by atoms with van der Waals surface area (Å²) in [5.74, 6) is -0.616. The van der Waals surface area contributed by atoms with Gasteiger partial charge in [0.05, 0.1) is 23.9 Å². The fourth-order valence-corrected chi connectivity index (χ4v) is 1.52. The first-order valence-electron chi connectivity index (χ1n) is 5.36. The lowest BCUT2D eigenvalue weighted by Crippen LogP contribution is -2.17. The number of ether oxygens (including phenoxy) is 1. The first-order valence-corrected chi connectivity index (χ1v) is 5.36. The molecule has 0 radical (unpaired) electrons. The van der Waals surface area contributed by atoms with Crippen molar-refractivity contribution in [3.05, 3.63) is 52.2 Å². The molecule has 0 N–H and O–H groups in total. The highest BCUT2D eigenvalue weighted by molar-refractivity contribution is 5.27. The van der Waals surface area contributed by atoms with E-state index in [0.29, 0.717) is 5.56 Å². The zero-order valence-corrected chi connectivity index (χ0v) is 9.87. The standard InChI is InChI=1S/C11H8F3N3O3/c12-11(13,14)20-9-3-1-8(2-4-9)7-16-6-5-10(15-16)17(18)19/h1-6H,7H2. The van der Waals surface area contributed by atoms with Gasteiger partial charge in [0.15, 0.2) is 0 Å². The van der Waals surface area contributed by atoms with E-state index in [2.05, 4.69) is 9.84 Å². The van der Waals surface area contributed by atoms with Gasteiger partial charge >= 0.3 is 12.2 Å². The molecule has 2 rings (SSSR count). The third-order valence-electron chi connectivity index (χ3n) is 2.32. The second-order valence-corrected chi connectivity index (χ2v) is 3.82. The number of benzene rings is 1. The monoisotopic (exact) mass is 287 g/mol. The fraction of sp³-hybridized carbons (Fsp3) is 0.182. The lowest BCUT2D eigenvalue weighted by atomic mass is 10.2. The van der Waals surface area contributed by atoms with Gasteiger partial charge in [0, 0.05) is 0 Å². The number of halogens is 3. The van der Waals surface area contributed by atoms with E-state index >= 15 is 0 Å². The number of aromatic nitrogens is 2. The first kappa shape index (κ1) is 13.8. The second-order valence-electron chi connectivity index (χ2n) is 3.82. The topological polar surface area (TPSA) is 70.2 Å². The Morgan fingerprint density at radius 2 is 1.90 bits per heavy atom. The van der Waals surface area contributed by atoms with Crippen LogP contribution in [0.25, 0.3) is 0 Å². The number of hydrogen-bond acceptors (Lipinski definition) is 4. The highest BCUT2D eigenvalue weighted by Crippen LogP contribution is 2.22. The van der Waals surface area contributed by atoms with Crippen LogP contribution in [-0.4, -0.2) is 21.1 Å². The summed E-state index contributed by atoms with van der Waals surface area (Å²) in [4.78, 5) is 9.82. The lowest BCUT2D eigenvalue weighted by Gasteiger charge is -2.08. The normalized spacial score (nSPS) is 11.3. The highest BCUT2D eigenvalue weighted by Gasteiger charge is 2.30. The Kier molecular flexibility index (Phi) is 3.59. The molecule has 0 fully saturated rings. The van der Waals surface area contributed by atoms with Gasteiger partial charge in [-0.2, -0.15) is 4.68 Å². The lowest BCUT2D eigenvalue weighted by molar-refractivity contribution is -0.389. The van der Waals surface area contributed by atoms with Gasteiger partial charge in [-0.05, 0) is 22.6 Å². The zero-order chi connectivity index (χ0) is 14.8. The summed E-state index contributed by atoms with van der Waals surface area (Å²) >= 11 is 0. The van der Waals surface area contributed by atoms with E-state index in [1.807, 2.05) is 0 Å². The fourth-order valence-electron chi connectivity index (χ4n) is 1.52. The minimum Gasteiger partial charge on any atom is -0.406 e. The summed E-state index contributed by atoms with van der Waals surface area (Å²) in [6, 6.07) is 6.42. The molecule has 9 heteroatoms. The molecule has 20 heavy (non-hydrogen) atoms. The van der Waals surface area contributed by atoms with E-state index in [1.54, 1.807) is 0 Å². The molecule has 106 valence electrons. The average Bonchev–Trinajstić information content (AvgIpc) is 2.78. The molecule has 6 nitrogen and oxygen atoms in total. The minimum atomic E-state index is -4.73. The zero-order valence-electron chi connectivity index (χ0n) is 9.87. The summed E-state index contributed by atoms with van der Waals surface area (Å²) in [6.45, 7) is 0.208. The summed E-state index contributed by atoms with van der Waals surface area (Å²) in [6.07, 6.45) is -3.32. The van der Waals surface area contributed by atoms with Gasteiger partial charge in [0.2, 0.25) is 0 Å². The van der Waals surface area contributed by atoms with Crippen LogP contribution in [0.4, 0.5) is 19.0 Å². The Bertz CT molecular complexity index is 607. The predicted octanol–water partition coefficient (Wildman–Crippen LogP) is 2.74. The first-order chi connectivity index (χ1) is 9.33. The molecular formula is C11H8F3N3O3. The van der Waals surface area contributed by atoms with Crippen LogP contribution in [0, 0.1) is 10.1 Å². The number of hydrogen-bond donors (Lipinski definition) is 0. The number of alkyl halides is 3.